The van der Waals surface area contributed by atoms with E-state index in [9.17, 15) is 4.79 Å². The summed E-state index contributed by atoms with van der Waals surface area (Å²) >= 11 is 7.47. The van der Waals surface area contributed by atoms with Crippen molar-refractivity contribution in [3.63, 3.8) is 0 Å². The predicted molar refractivity (Wildman–Crippen MR) is 113 cm³/mol. The van der Waals surface area contributed by atoms with E-state index >= 15 is 0 Å². The van der Waals surface area contributed by atoms with Crippen molar-refractivity contribution in [1.29, 1.82) is 0 Å². The second-order valence-electron chi connectivity index (χ2n) is 6.95. The molecule has 1 saturated heterocycles. The van der Waals surface area contributed by atoms with Crippen LogP contribution in [0.15, 0.2) is 54.6 Å². The minimum Gasteiger partial charge on any atom is -0.300 e. The molecule has 0 radical (unpaired) electrons. The quantitative estimate of drug-likeness (QED) is 0.659. The van der Waals surface area contributed by atoms with Crippen molar-refractivity contribution < 1.29 is 4.79 Å². The number of carbonyl (C=O) groups is 1. The molecule has 4 rings (SSSR count). The van der Waals surface area contributed by atoms with Gasteiger partial charge in [-0.05, 0) is 43.6 Å². The van der Waals surface area contributed by atoms with Gasteiger partial charge in [0.05, 0.1) is 0 Å². The van der Waals surface area contributed by atoms with Crippen LogP contribution in [0.3, 0.4) is 0 Å². The summed E-state index contributed by atoms with van der Waals surface area (Å²) in [6.07, 6.45) is 1.69. The molecule has 28 heavy (non-hydrogen) atoms. The summed E-state index contributed by atoms with van der Waals surface area (Å²) in [6.45, 7) is 2.66. The highest BCUT2D eigenvalue weighted by Gasteiger charge is 2.25. The SMILES string of the molecule is O=C(Nc1nnc(-c2ccccc2)s1)C1CCN(Cc2cccc(Cl)c2)CC1. The Balaban J connectivity index is 1.29. The molecule has 2 aromatic carbocycles. The van der Waals surface area contributed by atoms with Gasteiger partial charge in [0.25, 0.3) is 0 Å². The van der Waals surface area contributed by atoms with E-state index in [-0.39, 0.29) is 11.8 Å². The van der Waals surface area contributed by atoms with E-state index in [0.29, 0.717) is 5.13 Å². The normalized spacial score (nSPS) is 15.5. The van der Waals surface area contributed by atoms with E-state index in [1.807, 2.05) is 48.5 Å². The first-order valence-corrected chi connectivity index (χ1v) is 10.5. The van der Waals surface area contributed by atoms with E-state index in [1.165, 1.54) is 16.9 Å². The smallest absolute Gasteiger partial charge is 0.229 e. The monoisotopic (exact) mass is 412 g/mol. The lowest BCUT2D eigenvalue weighted by atomic mass is 9.95. The number of piperidine rings is 1. The fraction of sp³-hybridized carbons (Fsp3) is 0.286. The Kier molecular flexibility index (Phi) is 6.00. The van der Waals surface area contributed by atoms with E-state index in [1.54, 1.807) is 0 Å². The Hall–Kier alpha value is -2.28. The molecule has 0 saturated carbocycles. The highest BCUT2D eigenvalue weighted by atomic mass is 35.5. The maximum absolute atomic E-state index is 12.6. The molecule has 3 aromatic rings. The standard InChI is InChI=1S/C21H21ClN4OS/c22-18-8-4-5-15(13-18)14-26-11-9-16(10-12-26)19(27)23-21-25-24-20(28-21)17-6-2-1-3-7-17/h1-8,13,16H,9-12,14H2,(H,23,25,27). The third kappa shape index (κ3) is 4.76. The zero-order valence-electron chi connectivity index (χ0n) is 15.3. The number of rotatable bonds is 5. The number of nitrogens with one attached hydrogen (secondary N) is 1. The van der Waals surface area contributed by atoms with Gasteiger partial charge in [-0.1, -0.05) is 65.4 Å². The predicted octanol–water partition coefficient (Wildman–Crippen LogP) is 4.71. The minimum absolute atomic E-state index is 0.0136. The number of hydrogen-bond donors (Lipinski definition) is 1. The molecule has 1 amide bonds. The van der Waals surface area contributed by atoms with Gasteiger partial charge in [-0.15, -0.1) is 10.2 Å². The van der Waals surface area contributed by atoms with Gasteiger partial charge >= 0.3 is 0 Å². The molecule has 1 aliphatic heterocycles. The summed E-state index contributed by atoms with van der Waals surface area (Å²) in [4.78, 5) is 15.0. The molecule has 1 aromatic heterocycles. The fourth-order valence-corrected chi connectivity index (χ4v) is 4.39. The van der Waals surface area contributed by atoms with Crippen LogP contribution in [0.4, 0.5) is 5.13 Å². The number of aromatic nitrogens is 2. The highest BCUT2D eigenvalue weighted by Crippen LogP contribution is 2.27. The molecule has 0 bridgehead atoms. The fourth-order valence-electron chi connectivity index (χ4n) is 3.43. The number of carbonyl (C=O) groups excluding carboxylic acids is 1. The van der Waals surface area contributed by atoms with Gasteiger partial charge in [-0.3, -0.25) is 9.69 Å². The molecule has 0 atom stereocenters. The van der Waals surface area contributed by atoms with Crippen LogP contribution >= 0.6 is 22.9 Å². The van der Waals surface area contributed by atoms with Crippen LogP contribution in [0, 0.1) is 5.92 Å². The van der Waals surface area contributed by atoms with Gasteiger partial charge in [0.2, 0.25) is 11.0 Å². The Morgan fingerprint density at radius 1 is 1.11 bits per heavy atom. The molecule has 0 spiro atoms. The Bertz CT molecular complexity index is 938. The minimum atomic E-state index is 0.0136. The molecular formula is C21H21ClN4OS. The lowest BCUT2D eigenvalue weighted by Gasteiger charge is -2.31. The number of hydrogen-bond acceptors (Lipinski definition) is 5. The number of nitrogens with zero attached hydrogens (tertiary/aromatic N) is 3. The van der Waals surface area contributed by atoms with Gasteiger partial charge in [0, 0.05) is 23.0 Å². The molecular weight excluding hydrogens is 392 g/mol. The van der Waals surface area contributed by atoms with E-state index < -0.39 is 0 Å². The van der Waals surface area contributed by atoms with Crippen LogP contribution in [-0.4, -0.2) is 34.1 Å². The van der Waals surface area contributed by atoms with E-state index in [2.05, 4.69) is 26.5 Å². The third-order valence-corrected chi connectivity index (χ3v) is 6.05. The Morgan fingerprint density at radius 2 is 1.89 bits per heavy atom. The third-order valence-electron chi connectivity index (χ3n) is 4.93. The average Bonchev–Trinajstić information content (AvgIpc) is 3.18. The number of amides is 1. The second-order valence-corrected chi connectivity index (χ2v) is 8.36. The van der Waals surface area contributed by atoms with Gasteiger partial charge in [-0.2, -0.15) is 0 Å². The van der Waals surface area contributed by atoms with Gasteiger partial charge < -0.3 is 5.32 Å². The molecule has 1 fully saturated rings. The van der Waals surface area contributed by atoms with Gasteiger partial charge in [-0.25, -0.2) is 0 Å². The molecule has 1 N–H and O–H groups in total. The first kappa shape index (κ1) is 19.1. The summed E-state index contributed by atoms with van der Waals surface area (Å²) in [5.41, 5.74) is 2.22. The molecule has 0 unspecified atom stereocenters. The van der Waals surface area contributed by atoms with Crippen LogP contribution in [-0.2, 0) is 11.3 Å². The lowest BCUT2D eigenvalue weighted by Crippen LogP contribution is -2.37. The summed E-state index contributed by atoms with van der Waals surface area (Å²) < 4.78 is 0. The zero-order valence-corrected chi connectivity index (χ0v) is 16.9. The number of anilines is 1. The van der Waals surface area contributed by atoms with Gasteiger partial charge in [0.1, 0.15) is 5.01 Å². The molecule has 7 heteroatoms. The molecule has 5 nitrogen and oxygen atoms in total. The highest BCUT2D eigenvalue weighted by molar-refractivity contribution is 7.18. The molecule has 0 aliphatic carbocycles. The van der Waals surface area contributed by atoms with Crippen molar-refractivity contribution in [3.05, 3.63) is 65.2 Å². The summed E-state index contributed by atoms with van der Waals surface area (Å²) in [6, 6.07) is 17.8. The van der Waals surface area contributed by atoms with Crippen LogP contribution in [0.2, 0.25) is 5.02 Å². The maximum Gasteiger partial charge on any atom is 0.229 e. The van der Waals surface area contributed by atoms with Crippen LogP contribution in [0.1, 0.15) is 18.4 Å². The summed E-state index contributed by atoms with van der Waals surface area (Å²) in [5.74, 6) is 0.0536. The van der Waals surface area contributed by atoms with Crippen molar-refractivity contribution in [2.24, 2.45) is 5.92 Å². The van der Waals surface area contributed by atoms with Crippen molar-refractivity contribution in [3.8, 4) is 10.6 Å². The zero-order chi connectivity index (χ0) is 19.3. The van der Waals surface area contributed by atoms with Crippen molar-refractivity contribution in [2.75, 3.05) is 18.4 Å². The molecule has 144 valence electrons. The van der Waals surface area contributed by atoms with Crippen molar-refractivity contribution >= 4 is 34.0 Å². The first-order valence-electron chi connectivity index (χ1n) is 9.34. The maximum atomic E-state index is 12.6. The lowest BCUT2D eigenvalue weighted by molar-refractivity contribution is -0.121. The molecule has 2 heterocycles. The summed E-state index contributed by atoms with van der Waals surface area (Å²) in [7, 11) is 0. The second kappa shape index (κ2) is 8.82. The number of benzene rings is 2. The van der Waals surface area contributed by atoms with Gasteiger partial charge in [0.15, 0.2) is 0 Å². The van der Waals surface area contributed by atoms with E-state index in [0.717, 1.165) is 48.1 Å². The van der Waals surface area contributed by atoms with Crippen LogP contribution in [0.5, 0.6) is 0 Å². The first-order chi connectivity index (χ1) is 13.7. The topological polar surface area (TPSA) is 58.1 Å². The van der Waals surface area contributed by atoms with Crippen molar-refractivity contribution in [1.82, 2.24) is 15.1 Å². The van der Waals surface area contributed by atoms with Crippen molar-refractivity contribution in [2.45, 2.75) is 19.4 Å². The summed E-state index contributed by atoms with van der Waals surface area (Å²) in [5, 5.41) is 13.4. The number of halogens is 1. The number of likely N-dealkylation sites (tertiary alicyclic amines) is 1. The Morgan fingerprint density at radius 3 is 2.64 bits per heavy atom. The van der Waals surface area contributed by atoms with E-state index in [4.69, 9.17) is 11.6 Å². The molecule has 1 aliphatic rings. The largest absolute Gasteiger partial charge is 0.300 e. The van der Waals surface area contributed by atoms with Crippen LogP contribution in [0.25, 0.3) is 10.6 Å². The van der Waals surface area contributed by atoms with Crippen LogP contribution < -0.4 is 5.32 Å². The average molecular weight is 413 g/mol. The Labute approximate surface area is 173 Å².